The Labute approximate surface area is 118 Å². The molecule has 0 aliphatic rings. The molecule has 0 aromatic heterocycles. The lowest BCUT2D eigenvalue weighted by Crippen LogP contribution is -2.11. The van der Waals surface area contributed by atoms with Gasteiger partial charge in [0.1, 0.15) is 6.42 Å². The van der Waals surface area contributed by atoms with E-state index >= 15 is 0 Å². The number of carbonyl (C=O) groups excluding carboxylic acids is 2. The summed E-state index contributed by atoms with van der Waals surface area (Å²) in [6, 6.07) is 4.89. The van der Waals surface area contributed by atoms with Crippen molar-refractivity contribution in [2.24, 2.45) is 0 Å². The maximum absolute atomic E-state index is 12.0. The minimum atomic E-state index is -0.524. The zero-order valence-corrected chi connectivity index (χ0v) is 12.1. The smallest absolute Gasteiger partial charge is 0.313 e. The van der Waals surface area contributed by atoms with Gasteiger partial charge in [-0.05, 0) is 39.0 Å². The zero-order chi connectivity index (χ0) is 15.0. The summed E-state index contributed by atoms with van der Waals surface area (Å²) in [5.74, 6) is 0.267. The lowest BCUT2D eigenvalue weighted by molar-refractivity contribution is -0.141. The van der Waals surface area contributed by atoms with E-state index in [2.05, 4.69) is 0 Å². The lowest BCUT2D eigenvalue weighted by atomic mass is 10.1. The maximum Gasteiger partial charge on any atom is 0.313 e. The molecule has 1 rings (SSSR count). The number of hydrogen-bond acceptors (Lipinski definition) is 5. The molecule has 0 aliphatic carbocycles. The molecule has 0 saturated carbocycles. The molecule has 0 saturated heterocycles. The highest BCUT2D eigenvalue weighted by atomic mass is 16.5. The van der Waals surface area contributed by atoms with Crippen LogP contribution in [0.5, 0.6) is 11.5 Å². The molecule has 1 aromatic rings. The van der Waals surface area contributed by atoms with Gasteiger partial charge in [0.05, 0.1) is 19.8 Å². The number of rotatable bonds is 8. The fourth-order valence-corrected chi connectivity index (χ4v) is 1.67. The van der Waals surface area contributed by atoms with E-state index in [1.807, 2.05) is 13.8 Å². The summed E-state index contributed by atoms with van der Waals surface area (Å²) in [5, 5.41) is 0. The second kappa shape index (κ2) is 8.19. The van der Waals surface area contributed by atoms with Crippen molar-refractivity contribution >= 4 is 11.8 Å². The van der Waals surface area contributed by atoms with Crippen molar-refractivity contribution in [3.05, 3.63) is 23.8 Å². The third-order valence-electron chi connectivity index (χ3n) is 2.48. The van der Waals surface area contributed by atoms with E-state index in [4.69, 9.17) is 14.2 Å². The van der Waals surface area contributed by atoms with Crippen LogP contribution < -0.4 is 9.47 Å². The van der Waals surface area contributed by atoms with Crippen molar-refractivity contribution in [2.45, 2.75) is 27.2 Å². The molecule has 0 unspecified atom stereocenters. The molecule has 0 aliphatic heterocycles. The molecule has 0 atom stereocenters. The third kappa shape index (κ3) is 4.57. The van der Waals surface area contributed by atoms with Crippen LogP contribution in [0.1, 0.15) is 37.6 Å². The van der Waals surface area contributed by atoms with Gasteiger partial charge in [-0.15, -0.1) is 0 Å². The van der Waals surface area contributed by atoms with Crippen LogP contribution >= 0.6 is 0 Å². The van der Waals surface area contributed by atoms with E-state index in [9.17, 15) is 9.59 Å². The highest BCUT2D eigenvalue weighted by molar-refractivity contribution is 6.06. The molecule has 20 heavy (non-hydrogen) atoms. The highest BCUT2D eigenvalue weighted by Crippen LogP contribution is 2.29. The fourth-order valence-electron chi connectivity index (χ4n) is 1.67. The first kappa shape index (κ1) is 16.0. The largest absolute Gasteiger partial charge is 0.490 e. The average molecular weight is 280 g/mol. The number of hydrogen-bond donors (Lipinski definition) is 0. The summed E-state index contributed by atoms with van der Waals surface area (Å²) in [6.07, 6.45) is -0.270. The zero-order valence-electron chi connectivity index (χ0n) is 12.1. The van der Waals surface area contributed by atoms with Gasteiger partial charge in [-0.25, -0.2) is 0 Å². The van der Waals surface area contributed by atoms with Gasteiger partial charge in [0.25, 0.3) is 0 Å². The van der Waals surface area contributed by atoms with Crippen LogP contribution in [0.15, 0.2) is 18.2 Å². The third-order valence-corrected chi connectivity index (χ3v) is 2.48. The van der Waals surface area contributed by atoms with Crippen molar-refractivity contribution in [3.8, 4) is 11.5 Å². The van der Waals surface area contributed by atoms with Crippen LogP contribution in [0.2, 0.25) is 0 Å². The summed E-state index contributed by atoms with van der Waals surface area (Å²) >= 11 is 0. The molecule has 0 bridgehead atoms. The van der Waals surface area contributed by atoms with Crippen LogP contribution in [0, 0.1) is 0 Å². The van der Waals surface area contributed by atoms with Gasteiger partial charge in [0.2, 0.25) is 0 Å². The maximum atomic E-state index is 12.0. The van der Waals surface area contributed by atoms with Gasteiger partial charge in [-0.1, -0.05) is 0 Å². The Morgan fingerprint density at radius 1 is 0.950 bits per heavy atom. The number of ketones is 1. The number of ether oxygens (including phenoxy) is 3. The second-order valence-corrected chi connectivity index (χ2v) is 3.93. The van der Waals surface area contributed by atoms with Crippen molar-refractivity contribution in [3.63, 3.8) is 0 Å². The Hall–Kier alpha value is -2.04. The molecule has 0 N–H and O–H groups in total. The highest BCUT2D eigenvalue weighted by Gasteiger charge is 2.15. The van der Waals surface area contributed by atoms with Crippen LogP contribution in [0.3, 0.4) is 0 Å². The number of Topliss-reactive ketones (excluding diaryl/α,β-unsaturated/α-hetero) is 1. The summed E-state index contributed by atoms with van der Waals surface area (Å²) in [5.41, 5.74) is 0.407. The monoisotopic (exact) mass is 280 g/mol. The van der Waals surface area contributed by atoms with Gasteiger partial charge < -0.3 is 14.2 Å². The van der Waals surface area contributed by atoms with Gasteiger partial charge in [-0.3, -0.25) is 9.59 Å². The van der Waals surface area contributed by atoms with Crippen LogP contribution in [0.25, 0.3) is 0 Å². The molecule has 110 valence electrons. The number of esters is 1. The molecular weight excluding hydrogens is 260 g/mol. The predicted octanol–water partition coefficient (Wildman–Crippen LogP) is 2.62. The molecule has 1 aromatic carbocycles. The first-order chi connectivity index (χ1) is 9.62. The summed E-state index contributed by atoms with van der Waals surface area (Å²) in [6.45, 7) is 6.66. The normalized spacial score (nSPS) is 9.95. The van der Waals surface area contributed by atoms with Crippen molar-refractivity contribution in [1.29, 1.82) is 0 Å². The van der Waals surface area contributed by atoms with Gasteiger partial charge in [0, 0.05) is 5.56 Å². The SMILES string of the molecule is CCOC(=O)CC(=O)c1ccc(OCC)c(OCC)c1. The van der Waals surface area contributed by atoms with E-state index < -0.39 is 5.97 Å². The number of benzene rings is 1. The molecular formula is C15H20O5. The first-order valence-corrected chi connectivity index (χ1v) is 6.70. The number of carbonyl (C=O) groups is 2. The van der Waals surface area contributed by atoms with Crippen LogP contribution in [-0.2, 0) is 9.53 Å². The molecule has 5 nitrogen and oxygen atoms in total. The molecule has 0 heterocycles. The van der Waals surface area contributed by atoms with Gasteiger partial charge in [-0.2, -0.15) is 0 Å². The fraction of sp³-hybridized carbons (Fsp3) is 0.467. The van der Waals surface area contributed by atoms with Crippen molar-refractivity contribution in [1.82, 2.24) is 0 Å². The molecule has 0 radical (unpaired) electrons. The molecule has 0 spiro atoms. The predicted molar refractivity (Wildman–Crippen MR) is 74.4 cm³/mol. The minimum absolute atomic E-state index is 0.263. The van der Waals surface area contributed by atoms with E-state index in [0.717, 1.165) is 0 Å². The minimum Gasteiger partial charge on any atom is -0.490 e. The Kier molecular flexibility index (Phi) is 6.56. The second-order valence-electron chi connectivity index (χ2n) is 3.93. The Morgan fingerprint density at radius 2 is 1.60 bits per heavy atom. The van der Waals surface area contributed by atoms with Gasteiger partial charge >= 0.3 is 5.97 Å². The van der Waals surface area contributed by atoms with E-state index in [-0.39, 0.29) is 18.8 Å². The van der Waals surface area contributed by atoms with Crippen LogP contribution in [-0.4, -0.2) is 31.6 Å². The summed E-state index contributed by atoms with van der Waals surface area (Å²) < 4.78 is 15.6. The standard InChI is InChI=1S/C15H20O5/c1-4-18-13-8-7-11(9-14(13)19-5-2)12(16)10-15(17)20-6-3/h7-9H,4-6,10H2,1-3H3. The van der Waals surface area contributed by atoms with E-state index in [1.54, 1.807) is 25.1 Å². The van der Waals surface area contributed by atoms with E-state index in [1.165, 1.54) is 0 Å². The summed E-state index contributed by atoms with van der Waals surface area (Å²) in [4.78, 5) is 23.3. The Balaban J connectivity index is 2.87. The summed E-state index contributed by atoms with van der Waals surface area (Å²) in [7, 11) is 0. The Bertz CT molecular complexity index is 467. The molecule has 0 fully saturated rings. The van der Waals surface area contributed by atoms with Crippen molar-refractivity contribution in [2.75, 3.05) is 19.8 Å². The lowest BCUT2D eigenvalue weighted by Gasteiger charge is -2.12. The van der Waals surface area contributed by atoms with Crippen LogP contribution in [0.4, 0.5) is 0 Å². The first-order valence-electron chi connectivity index (χ1n) is 6.70. The molecule has 0 amide bonds. The topological polar surface area (TPSA) is 61.8 Å². The quantitative estimate of drug-likeness (QED) is 0.416. The average Bonchev–Trinajstić information content (AvgIpc) is 2.41. The van der Waals surface area contributed by atoms with Gasteiger partial charge in [0.15, 0.2) is 17.3 Å². The van der Waals surface area contributed by atoms with E-state index in [0.29, 0.717) is 30.3 Å². The Morgan fingerprint density at radius 3 is 2.20 bits per heavy atom. The molecule has 5 heteroatoms. The van der Waals surface area contributed by atoms with Crippen molar-refractivity contribution < 1.29 is 23.8 Å².